The van der Waals surface area contributed by atoms with Crippen LogP contribution in [0.3, 0.4) is 0 Å². The van der Waals surface area contributed by atoms with Crippen LogP contribution in [0.15, 0.2) is 162 Å². The molecule has 0 N–H and O–H groups in total. The maximum absolute atomic E-state index is 6.82. The maximum Gasteiger partial charge on any atom is 0.164 e. The van der Waals surface area contributed by atoms with E-state index in [1.165, 1.54) is 49.1 Å². The summed E-state index contributed by atoms with van der Waals surface area (Å²) in [5.41, 5.74) is 22.5. The lowest BCUT2D eigenvalue weighted by Crippen LogP contribution is -2.47. The molecule has 0 atom stereocenters. The minimum Gasteiger partial charge on any atom is -0.457 e. The van der Waals surface area contributed by atoms with E-state index in [2.05, 4.69) is 201 Å². The van der Waals surface area contributed by atoms with Crippen LogP contribution in [-0.2, 0) is 0 Å². The molecule has 0 saturated heterocycles. The third-order valence-corrected chi connectivity index (χ3v) is 13.1. The number of furan rings is 1. The number of nitrogens with zero attached hydrogens (tertiary/aromatic N) is 3. The summed E-state index contributed by atoms with van der Waals surface area (Å²) >= 11 is 0. The fraction of sp³-hybridized carbons (Fsp3) is 0. The first-order valence-electron chi connectivity index (χ1n) is 21.4. The molecule has 0 radical (unpaired) electrons. The molecule has 0 aliphatic carbocycles. The number of fused-ring (bicyclic) bond motifs is 3. The molecule has 0 fully saturated rings. The van der Waals surface area contributed by atoms with Gasteiger partial charge in [0.05, 0.1) is 0 Å². The minimum absolute atomic E-state index is 0.614. The van der Waals surface area contributed by atoms with E-state index in [1.807, 2.05) is 12.1 Å². The molecule has 2 aromatic heterocycles. The van der Waals surface area contributed by atoms with Crippen LogP contribution in [-0.4, -0.2) is 69.9 Å². The van der Waals surface area contributed by atoms with Crippen molar-refractivity contribution < 1.29 is 4.42 Å². The van der Waals surface area contributed by atoms with Gasteiger partial charge in [-0.15, -0.1) is 5.46 Å². The molecule has 286 valence electrons. The number of hydrogen-bond acceptors (Lipinski definition) is 4. The molecule has 2 heterocycles. The highest BCUT2D eigenvalue weighted by Crippen LogP contribution is 2.35. The Labute approximate surface area is 369 Å². The van der Waals surface area contributed by atoms with Crippen molar-refractivity contribution in [3.8, 4) is 78.7 Å². The molecule has 0 amide bonds. The van der Waals surface area contributed by atoms with Crippen molar-refractivity contribution in [1.82, 2.24) is 15.0 Å². The molecule has 10 rings (SSSR count). The van der Waals surface area contributed by atoms with Gasteiger partial charge >= 0.3 is 0 Å². The van der Waals surface area contributed by atoms with Crippen molar-refractivity contribution in [3.05, 3.63) is 158 Å². The SMILES string of the molecule is Bc1c(B)c(B)c2c(oc3c(B)c(B)c(-c4cc(-c5ccccc5)cc(-c5nc(-c6ccc(-c7ccccc7)cc6)nc(-c6ccc(-c7ccccc7)cc6)n5)c4)c(B)c32)c1B. The van der Waals surface area contributed by atoms with Gasteiger partial charge in [-0.25, -0.2) is 15.0 Å². The highest BCUT2D eigenvalue weighted by atomic mass is 16.3. The summed E-state index contributed by atoms with van der Waals surface area (Å²) in [6.07, 6.45) is 0. The molecule has 0 spiro atoms. The highest BCUT2D eigenvalue weighted by molar-refractivity contribution is 6.69. The largest absolute Gasteiger partial charge is 0.457 e. The molecule has 0 aliphatic heterocycles. The average molecular weight is 787 g/mol. The second-order valence-corrected chi connectivity index (χ2v) is 16.6. The standard InChI is InChI=1S/C51H40B7N3O/c52-40-37(41(53)45(57)47-38(40)39-42(54)43(55)44(56)46(58)48(39)62-47)35-24-34(29-14-8-3-9-15-29)25-36(26-35)51-60-49(32-20-16-30(17-21-32)27-10-4-1-5-11-27)59-50(61-51)33-22-18-31(19-23-33)28-12-6-2-7-13-28/h1-26H,52-58H2. The van der Waals surface area contributed by atoms with Gasteiger partial charge in [0, 0.05) is 27.5 Å². The lowest BCUT2D eigenvalue weighted by atomic mass is 9.64. The molecule has 10 aromatic rings. The number of benzene rings is 8. The van der Waals surface area contributed by atoms with Crippen LogP contribution in [0.25, 0.3) is 101 Å². The first-order valence-corrected chi connectivity index (χ1v) is 21.4. The fourth-order valence-electron chi connectivity index (χ4n) is 9.14. The molecular formula is C51H40B7N3O. The summed E-state index contributed by atoms with van der Waals surface area (Å²) in [4.78, 5) is 15.7. The zero-order valence-corrected chi connectivity index (χ0v) is 36.3. The molecule has 4 nitrogen and oxygen atoms in total. The zero-order valence-electron chi connectivity index (χ0n) is 36.3. The van der Waals surface area contributed by atoms with Crippen molar-refractivity contribution in [2.24, 2.45) is 0 Å². The number of hydrogen-bond donors (Lipinski definition) is 0. The van der Waals surface area contributed by atoms with Crippen LogP contribution in [0.2, 0.25) is 0 Å². The predicted molar refractivity (Wildman–Crippen MR) is 282 cm³/mol. The van der Waals surface area contributed by atoms with Crippen LogP contribution < -0.4 is 38.2 Å². The van der Waals surface area contributed by atoms with Gasteiger partial charge in [-0.3, -0.25) is 0 Å². The Morgan fingerprint density at radius 2 is 0.613 bits per heavy atom. The summed E-state index contributed by atoms with van der Waals surface area (Å²) in [6, 6.07) is 55.3. The Hall–Kier alpha value is -6.98. The summed E-state index contributed by atoms with van der Waals surface area (Å²) in [6.45, 7) is 0. The van der Waals surface area contributed by atoms with Crippen LogP contribution in [0.1, 0.15) is 0 Å². The Bertz CT molecular complexity index is 3240. The fourth-order valence-corrected chi connectivity index (χ4v) is 9.14. The van der Waals surface area contributed by atoms with Crippen molar-refractivity contribution in [2.75, 3.05) is 0 Å². The van der Waals surface area contributed by atoms with Crippen molar-refractivity contribution in [2.45, 2.75) is 0 Å². The highest BCUT2D eigenvalue weighted by Gasteiger charge is 2.23. The number of rotatable bonds is 7. The van der Waals surface area contributed by atoms with Crippen LogP contribution in [0.5, 0.6) is 0 Å². The van der Waals surface area contributed by atoms with E-state index >= 15 is 0 Å². The monoisotopic (exact) mass is 787 g/mol. The van der Waals surface area contributed by atoms with Gasteiger partial charge in [-0.2, -0.15) is 0 Å². The Morgan fingerprint density at radius 1 is 0.274 bits per heavy atom. The van der Waals surface area contributed by atoms with E-state index in [0.717, 1.165) is 72.3 Å². The van der Waals surface area contributed by atoms with Gasteiger partial charge in [0.2, 0.25) is 0 Å². The van der Waals surface area contributed by atoms with Gasteiger partial charge in [0.25, 0.3) is 0 Å². The van der Waals surface area contributed by atoms with E-state index in [9.17, 15) is 0 Å². The van der Waals surface area contributed by atoms with Gasteiger partial charge in [-0.1, -0.05) is 172 Å². The molecule has 8 aromatic carbocycles. The first-order chi connectivity index (χ1) is 30.1. The van der Waals surface area contributed by atoms with Gasteiger partial charge in [-0.05, 0) is 62.7 Å². The second kappa shape index (κ2) is 15.8. The second-order valence-electron chi connectivity index (χ2n) is 16.6. The smallest absolute Gasteiger partial charge is 0.164 e. The van der Waals surface area contributed by atoms with Crippen molar-refractivity contribution in [1.29, 1.82) is 0 Å². The summed E-state index contributed by atoms with van der Waals surface area (Å²) in [7, 11) is 15.5. The van der Waals surface area contributed by atoms with Gasteiger partial charge in [0.15, 0.2) is 17.5 Å². The molecule has 0 unspecified atom stereocenters. The normalized spacial score (nSPS) is 11.4. The summed E-state index contributed by atoms with van der Waals surface area (Å²) < 4.78 is 6.82. The Kier molecular flexibility index (Phi) is 9.99. The van der Waals surface area contributed by atoms with Crippen LogP contribution in [0, 0.1) is 0 Å². The van der Waals surface area contributed by atoms with Gasteiger partial charge < -0.3 is 4.42 Å². The molecular weight excluding hydrogens is 746 g/mol. The summed E-state index contributed by atoms with van der Waals surface area (Å²) in [5.74, 6) is 1.85. The molecule has 0 aliphatic rings. The van der Waals surface area contributed by atoms with E-state index < -0.39 is 0 Å². The van der Waals surface area contributed by atoms with E-state index in [1.54, 1.807) is 0 Å². The third-order valence-electron chi connectivity index (χ3n) is 13.1. The lowest BCUT2D eigenvalue weighted by molar-refractivity contribution is 0.675. The van der Waals surface area contributed by atoms with E-state index in [-0.39, 0.29) is 0 Å². The van der Waals surface area contributed by atoms with E-state index in [0.29, 0.717) is 17.5 Å². The lowest BCUT2D eigenvalue weighted by Gasteiger charge is -2.18. The van der Waals surface area contributed by atoms with Gasteiger partial charge in [0.1, 0.15) is 66.1 Å². The minimum atomic E-state index is 0.614. The Morgan fingerprint density at radius 3 is 1.10 bits per heavy atom. The Balaban J connectivity index is 1.20. The molecule has 11 heteroatoms. The topological polar surface area (TPSA) is 51.8 Å². The maximum atomic E-state index is 6.82. The third kappa shape index (κ3) is 6.82. The quantitative estimate of drug-likeness (QED) is 0.229. The van der Waals surface area contributed by atoms with Crippen LogP contribution >= 0.6 is 0 Å². The van der Waals surface area contributed by atoms with Crippen molar-refractivity contribution in [3.63, 3.8) is 0 Å². The van der Waals surface area contributed by atoms with E-state index in [4.69, 9.17) is 19.4 Å². The number of aromatic nitrogens is 3. The molecule has 0 saturated carbocycles. The van der Waals surface area contributed by atoms with Crippen molar-refractivity contribution >= 4 is 115 Å². The van der Waals surface area contributed by atoms with Crippen LogP contribution in [0.4, 0.5) is 0 Å². The first kappa shape index (κ1) is 39.2. The molecule has 0 bridgehead atoms. The summed E-state index contributed by atoms with van der Waals surface area (Å²) in [5, 5.41) is 2.40. The average Bonchev–Trinajstić information content (AvgIpc) is 3.74. The predicted octanol–water partition coefficient (Wildman–Crippen LogP) is 1.25. The molecule has 62 heavy (non-hydrogen) atoms. The zero-order chi connectivity index (χ0) is 42.6.